The summed E-state index contributed by atoms with van der Waals surface area (Å²) in [5, 5.41) is 14.2. The molecule has 5 amide bonds. The van der Waals surface area contributed by atoms with Gasteiger partial charge in [0, 0.05) is 38.2 Å². The third-order valence-electron chi connectivity index (χ3n) is 7.24. The maximum absolute atomic E-state index is 13.5. The average molecular weight is 582 g/mol. The Morgan fingerprint density at radius 1 is 1.07 bits per heavy atom. The molecule has 1 fully saturated rings. The van der Waals surface area contributed by atoms with Gasteiger partial charge >= 0.3 is 0 Å². The van der Waals surface area contributed by atoms with Gasteiger partial charge in [0.15, 0.2) is 0 Å². The van der Waals surface area contributed by atoms with Gasteiger partial charge in [-0.05, 0) is 43.2 Å². The van der Waals surface area contributed by atoms with Crippen molar-refractivity contribution in [1.29, 1.82) is 0 Å². The lowest BCUT2D eigenvalue weighted by Crippen LogP contribution is -2.58. The Hall–Kier alpha value is -3.61. The number of benzene rings is 1. The number of halogens is 2. The van der Waals surface area contributed by atoms with Gasteiger partial charge in [0.1, 0.15) is 29.8 Å². The summed E-state index contributed by atoms with van der Waals surface area (Å²) in [5.41, 5.74) is 1.21. The topological polar surface area (TPSA) is 148 Å². The highest BCUT2D eigenvalue weighted by atomic mass is 19.1. The fourth-order valence-corrected chi connectivity index (χ4v) is 4.92. The van der Waals surface area contributed by atoms with Crippen molar-refractivity contribution in [2.75, 3.05) is 20.1 Å². The van der Waals surface area contributed by atoms with E-state index in [-0.39, 0.29) is 42.2 Å². The molecule has 41 heavy (non-hydrogen) atoms. The van der Waals surface area contributed by atoms with Crippen molar-refractivity contribution in [2.45, 2.75) is 77.9 Å². The van der Waals surface area contributed by atoms with Gasteiger partial charge < -0.3 is 20.4 Å². The van der Waals surface area contributed by atoms with Crippen LogP contribution in [-0.2, 0) is 19.2 Å². The first-order chi connectivity index (χ1) is 19.3. The minimum atomic E-state index is -1.30. The Morgan fingerprint density at radius 3 is 2.27 bits per heavy atom. The van der Waals surface area contributed by atoms with Crippen LogP contribution in [0.4, 0.5) is 8.78 Å². The predicted octanol–water partition coefficient (Wildman–Crippen LogP) is 1.99. The highest BCUT2D eigenvalue weighted by Crippen LogP contribution is 2.24. The third kappa shape index (κ3) is 9.20. The molecule has 1 saturated heterocycles. The summed E-state index contributed by atoms with van der Waals surface area (Å²) in [6, 6.07) is -0.661. The molecule has 1 aliphatic rings. The number of rotatable bonds is 13. The first-order valence-corrected chi connectivity index (χ1v) is 13.8. The minimum absolute atomic E-state index is 0.114. The molecule has 11 nitrogen and oxygen atoms in total. The molecule has 1 unspecified atom stereocenters. The standard InChI is InChI=1S/C28H41F2N5O6/c1-6-17(4)24(34(5)28(40)22-8-7-11-35(22)23(36)12-16(2)3)27(39)32-21(26(38)33-41)9-10-31-25(37)18-13-19(29)15-20(30)14-18/h13-17,21-22,24,41H,6-12H2,1-5H3,(H,31,37)(H,32,39)(H,33,38)/t17?,21-,22-,24-/m0/s1. The fourth-order valence-electron chi connectivity index (χ4n) is 4.92. The summed E-state index contributed by atoms with van der Waals surface area (Å²) >= 11 is 0. The van der Waals surface area contributed by atoms with Crippen LogP contribution in [0.3, 0.4) is 0 Å². The first kappa shape index (κ1) is 33.6. The average Bonchev–Trinajstić information content (AvgIpc) is 3.40. The number of hydroxylamine groups is 1. The maximum Gasteiger partial charge on any atom is 0.265 e. The van der Waals surface area contributed by atoms with E-state index in [4.69, 9.17) is 0 Å². The largest absolute Gasteiger partial charge is 0.352 e. The van der Waals surface area contributed by atoms with E-state index >= 15 is 0 Å². The Morgan fingerprint density at radius 2 is 1.71 bits per heavy atom. The van der Waals surface area contributed by atoms with E-state index in [1.54, 1.807) is 11.8 Å². The lowest BCUT2D eigenvalue weighted by molar-refractivity contribution is -0.149. The van der Waals surface area contributed by atoms with Crippen molar-refractivity contribution in [3.8, 4) is 0 Å². The van der Waals surface area contributed by atoms with Gasteiger partial charge in [0.25, 0.3) is 11.8 Å². The number of hydrogen-bond donors (Lipinski definition) is 4. The molecule has 0 aliphatic carbocycles. The number of carbonyl (C=O) groups excluding carboxylic acids is 5. The van der Waals surface area contributed by atoms with Crippen molar-refractivity contribution in [2.24, 2.45) is 11.8 Å². The van der Waals surface area contributed by atoms with Crippen molar-refractivity contribution in [3.63, 3.8) is 0 Å². The summed E-state index contributed by atoms with van der Waals surface area (Å²) in [5.74, 6) is -4.96. The van der Waals surface area contributed by atoms with Crippen molar-refractivity contribution in [1.82, 2.24) is 25.9 Å². The highest BCUT2D eigenvalue weighted by Gasteiger charge is 2.40. The summed E-state index contributed by atoms with van der Waals surface area (Å²) in [4.78, 5) is 67.3. The lowest BCUT2D eigenvalue weighted by atomic mass is 9.95. The van der Waals surface area contributed by atoms with Crippen molar-refractivity contribution >= 4 is 29.5 Å². The van der Waals surface area contributed by atoms with Crippen LogP contribution in [0.25, 0.3) is 0 Å². The van der Waals surface area contributed by atoms with Crippen LogP contribution in [0.5, 0.6) is 0 Å². The molecule has 2 rings (SSSR count). The quantitative estimate of drug-likeness (QED) is 0.207. The molecule has 1 heterocycles. The van der Waals surface area contributed by atoms with Gasteiger partial charge in [-0.1, -0.05) is 34.1 Å². The molecule has 228 valence electrons. The molecule has 0 aromatic heterocycles. The SMILES string of the molecule is CCC(C)[C@@H](C(=O)N[C@@H](CCNC(=O)c1cc(F)cc(F)c1)C(=O)NO)N(C)C(=O)[C@@H]1CCCN1C(=O)CC(C)C. The van der Waals surface area contributed by atoms with E-state index < -0.39 is 47.5 Å². The number of amides is 5. The molecule has 1 aromatic carbocycles. The Labute approximate surface area is 239 Å². The lowest BCUT2D eigenvalue weighted by Gasteiger charge is -2.36. The van der Waals surface area contributed by atoms with Crippen LogP contribution in [0.15, 0.2) is 18.2 Å². The fraction of sp³-hybridized carbons (Fsp3) is 0.607. The smallest absolute Gasteiger partial charge is 0.265 e. The molecule has 1 aliphatic heterocycles. The Bertz CT molecular complexity index is 1100. The Kier molecular flexibility index (Phi) is 12.6. The van der Waals surface area contributed by atoms with Crippen LogP contribution >= 0.6 is 0 Å². The minimum Gasteiger partial charge on any atom is -0.352 e. The van der Waals surface area contributed by atoms with Crippen molar-refractivity contribution in [3.05, 3.63) is 35.4 Å². The van der Waals surface area contributed by atoms with Gasteiger partial charge in [0.05, 0.1) is 0 Å². The normalized spacial score (nSPS) is 17.0. The third-order valence-corrected chi connectivity index (χ3v) is 7.24. The van der Waals surface area contributed by atoms with Crippen LogP contribution in [0.2, 0.25) is 0 Å². The first-order valence-electron chi connectivity index (χ1n) is 13.8. The van der Waals surface area contributed by atoms with Gasteiger partial charge in [-0.2, -0.15) is 0 Å². The van der Waals surface area contributed by atoms with E-state index in [1.165, 1.54) is 17.4 Å². The Balaban J connectivity index is 2.13. The van der Waals surface area contributed by atoms with Gasteiger partial charge in [0.2, 0.25) is 17.7 Å². The van der Waals surface area contributed by atoms with E-state index in [0.29, 0.717) is 38.3 Å². The van der Waals surface area contributed by atoms with Crippen LogP contribution in [0, 0.1) is 23.5 Å². The molecular weight excluding hydrogens is 540 g/mol. The zero-order valence-electron chi connectivity index (χ0n) is 24.2. The molecule has 4 N–H and O–H groups in total. The van der Waals surface area contributed by atoms with Gasteiger partial charge in [-0.25, -0.2) is 14.3 Å². The number of nitrogens with zero attached hydrogens (tertiary/aromatic N) is 2. The van der Waals surface area contributed by atoms with Gasteiger partial charge in [-0.3, -0.25) is 29.2 Å². The number of carbonyl (C=O) groups is 5. The molecule has 4 atom stereocenters. The summed E-state index contributed by atoms with van der Waals surface area (Å²) in [6.07, 6.45) is 1.80. The van der Waals surface area contributed by atoms with Gasteiger partial charge in [-0.15, -0.1) is 0 Å². The molecule has 0 radical (unpaired) electrons. The van der Waals surface area contributed by atoms with E-state index in [2.05, 4.69) is 10.6 Å². The number of hydrogen-bond acceptors (Lipinski definition) is 6. The predicted molar refractivity (Wildman–Crippen MR) is 145 cm³/mol. The number of nitrogens with one attached hydrogen (secondary N) is 3. The summed E-state index contributed by atoms with van der Waals surface area (Å²) in [6.45, 7) is 7.75. The zero-order valence-corrected chi connectivity index (χ0v) is 24.2. The maximum atomic E-state index is 13.5. The van der Waals surface area contributed by atoms with E-state index in [1.807, 2.05) is 20.8 Å². The highest BCUT2D eigenvalue weighted by molar-refractivity contribution is 5.95. The molecule has 1 aromatic rings. The molecule has 0 bridgehead atoms. The van der Waals surface area contributed by atoms with Crippen LogP contribution < -0.4 is 16.1 Å². The van der Waals surface area contributed by atoms with Crippen LogP contribution in [0.1, 0.15) is 70.2 Å². The monoisotopic (exact) mass is 581 g/mol. The zero-order chi connectivity index (χ0) is 30.9. The van der Waals surface area contributed by atoms with Crippen molar-refractivity contribution < 1.29 is 38.0 Å². The molecule has 13 heteroatoms. The molecule has 0 spiro atoms. The number of likely N-dealkylation sites (N-methyl/N-ethyl adjacent to an activating group) is 1. The summed E-state index contributed by atoms with van der Waals surface area (Å²) < 4.78 is 26.9. The second kappa shape index (κ2) is 15.4. The van der Waals surface area contributed by atoms with E-state index in [9.17, 15) is 38.0 Å². The number of likely N-dealkylation sites (tertiary alicyclic amines) is 1. The second-order valence-electron chi connectivity index (χ2n) is 10.9. The van der Waals surface area contributed by atoms with E-state index in [0.717, 1.165) is 12.1 Å². The van der Waals surface area contributed by atoms with Crippen LogP contribution in [-0.4, -0.2) is 82.8 Å². The molecular formula is C28H41F2N5O6. The molecule has 0 saturated carbocycles. The summed E-state index contributed by atoms with van der Waals surface area (Å²) in [7, 11) is 1.49. The second-order valence-corrected chi connectivity index (χ2v) is 10.9.